The fraction of sp³-hybridized carbons (Fsp3) is 0. The monoisotopic (exact) mass is 358 g/mol. The van der Waals surface area contributed by atoms with Crippen molar-refractivity contribution in [1.82, 2.24) is 0 Å². The number of carbonyl (C=O) groups excluding carboxylic acids is 2. The van der Waals surface area contributed by atoms with Crippen LogP contribution in [0.1, 0.15) is 0 Å². The average Bonchev–Trinajstić information content (AvgIpc) is 2.57. The van der Waals surface area contributed by atoms with Gasteiger partial charge in [-0.2, -0.15) is 0 Å². The van der Waals surface area contributed by atoms with Crippen molar-refractivity contribution in [3.8, 4) is 0 Å². The van der Waals surface area contributed by atoms with Crippen LogP contribution in [0.3, 0.4) is 0 Å². The molecule has 0 heterocycles. The minimum absolute atomic E-state index is 0.258. The summed E-state index contributed by atoms with van der Waals surface area (Å²) in [5.41, 5.74) is 0.884. The molecule has 3 rings (SSSR count). The van der Waals surface area contributed by atoms with E-state index < -0.39 is 11.8 Å². The van der Waals surface area contributed by atoms with Gasteiger partial charge in [-0.3, -0.25) is 9.59 Å². The van der Waals surface area contributed by atoms with Gasteiger partial charge in [-0.1, -0.05) is 59.6 Å². The molecule has 0 saturated carbocycles. The van der Waals surface area contributed by atoms with E-state index in [4.69, 9.17) is 23.2 Å². The van der Waals surface area contributed by atoms with Crippen LogP contribution in [0.5, 0.6) is 0 Å². The molecule has 2 N–H and O–H groups in total. The summed E-state index contributed by atoms with van der Waals surface area (Å²) in [6.45, 7) is 0. The smallest absolute Gasteiger partial charge is 0.314 e. The summed E-state index contributed by atoms with van der Waals surface area (Å²) in [6, 6.07) is 17.7. The minimum Gasteiger partial charge on any atom is -0.317 e. The molecule has 0 unspecified atom stereocenters. The molecule has 0 radical (unpaired) electrons. The van der Waals surface area contributed by atoms with E-state index in [-0.39, 0.29) is 5.02 Å². The van der Waals surface area contributed by atoms with Gasteiger partial charge in [0.1, 0.15) is 0 Å². The molecule has 0 aliphatic carbocycles. The fourth-order valence-electron chi connectivity index (χ4n) is 2.28. The summed E-state index contributed by atoms with van der Waals surface area (Å²) >= 11 is 11.8. The second-order valence-electron chi connectivity index (χ2n) is 5.06. The molecule has 0 spiro atoms. The third-order valence-electron chi connectivity index (χ3n) is 3.42. The normalized spacial score (nSPS) is 10.4. The van der Waals surface area contributed by atoms with Crippen LogP contribution in [0, 0.1) is 0 Å². The molecule has 0 aliphatic heterocycles. The van der Waals surface area contributed by atoms with Gasteiger partial charge in [0.2, 0.25) is 0 Å². The lowest BCUT2D eigenvalue weighted by atomic mass is 10.1. The van der Waals surface area contributed by atoms with E-state index in [9.17, 15) is 9.59 Å². The molecule has 120 valence electrons. The molecule has 0 aromatic heterocycles. The lowest BCUT2D eigenvalue weighted by Crippen LogP contribution is -2.29. The van der Waals surface area contributed by atoms with Gasteiger partial charge in [-0.25, -0.2) is 0 Å². The molecule has 4 nitrogen and oxygen atoms in total. The van der Waals surface area contributed by atoms with Crippen molar-refractivity contribution in [3.63, 3.8) is 0 Å². The zero-order chi connectivity index (χ0) is 17.1. The Balaban J connectivity index is 1.77. The number of hydrogen-bond donors (Lipinski definition) is 2. The topological polar surface area (TPSA) is 58.2 Å². The highest BCUT2D eigenvalue weighted by molar-refractivity contribution is 6.45. The first kappa shape index (κ1) is 16.3. The average molecular weight is 359 g/mol. The van der Waals surface area contributed by atoms with Gasteiger partial charge < -0.3 is 10.6 Å². The van der Waals surface area contributed by atoms with Crippen LogP contribution in [0.2, 0.25) is 10.0 Å². The molecule has 3 aromatic rings. The van der Waals surface area contributed by atoms with E-state index in [2.05, 4.69) is 10.6 Å². The maximum Gasteiger partial charge on any atom is 0.314 e. The highest BCUT2D eigenvalue weighted by atomic mass is 35.5. The van der Waals surface area contributed by atoms with Crippen LogP contribution in [0.4, 0.5) is 11.4 Å². The SMILES string of the molecule is O=C(Nc1ccc(Cl)cc1Cl)C(=O)Nc1cccc2ccccc12. The molecular formula is C18H12Cl2N2O2. The summed E-state index contributed by atoms with van der Waals surface area (Å²) < 4.78 is 0. The highest BCUT2D eigenvalue weighted by Gasteiger charge is 2.16. The molecule has 0 fully saturated rings. The van der Waals surface area contributed by atoms with Crippen LogP contribution in [-0.4, -0.2) is 11.8 Å². The Morgan fingerprint density at radius 2 is 1.42 bits per heavy atom. The van der Waals surface area contributed by atoms with Crippen LogP contribution >= 0.6 is 23.2 Å². The van der Waals surface area contributed by atoms with Crippen molar-refractivity contribution >= 4 is 57.2 Å². The lowest BCUT2D eigenvalue weighted by molar-refractivity contribution is -0.132. The Kier molecular flexibility index (Phi) is 4.69. The van der Waals surface area contributed by atoms with Crippen molar-refractivity contribution in [1.29, 1.82) is 0 Å². The summed E-state index contributed by atoms with van der Waals surface area (Å²) in [7, 11) is 0. The van der Waals surface area contributed by atoms with Crippen molar-refractivity contribution in [3.05, 3.63) is 70.7 Å². The standard InChI is InChI=1S/C18H12Cl2N2O2/c19-12-8-9-16(14(20)10-12)22-18(24)17(23)21-15-7-3-5-11-4-1-2-6-13(11)15/h1-10H,(H,21,23)(H,22,24). The largest absolute Gasteiger partial charge is 0.317 e. The predicted octanol–water partition coefficient (Wildman–Crippen LogP) is 4.72. The number of anilines is 2. The number of carbonyl (C=O) groups is 2. The number of amides is 2. The molecule has 2 amide bonds. The van der Waals surface area contributed by atoms with Crippen molar-refractivity contribution in [2.45, 2.75) is 0 Å². The van der Waals surface area contributed by atoms with Crippen LogP contribution < -0.4 is 10.6 Å². The van der Waals surface area contributed by atoms with E-state index in [0.29, 0.717) is 16.4 Å². The summed E-state index contributed by atoms with van der Waals surface area (Å²) in [5, 5.41) is 7.60. The van der Waals surface area contributed by atoms with E-state index in [1.165, 1.54) is 12.1 Å². The molecule has 0 bridgehead atoms. The number of fused-ring (bicyclic) bond motifs is 1. The van der Waals surface area contributed by atoms with E-state index in [1.807, 2.05) is 36.4 Å². The van der Waals surface area contributed by atoms with Crippen molar-refractivity contribution < 1.29 is 9.59 Å². The zero-order valence-corrected chi connectivity index (χ0v) is 13.9. The number of hydrogen-bond acceptors (Lipinski definition) is 2. The lowest BCUT2D eigenvalue weighted by Gasteiger charge is -2.10. The molecule has 3 aromatic carbocycles. The van der Waals surface area contributed by atoms with E-state index >= 15 is 0 Å². The van der Waals surface area contributed by atoms with Gasteiger partial charge in [-0.05, 0) is 29.7 Å². The summed E-state index contributed by atoms with van der Waals surface area (Å²) in [4.78, 5) is 24.2. The Hall–Kier alpha value is -2.56. The first-order valence-corrected chi connectivity index (χ1v) is 7.85. The van der Waals surface area contributed by atoms with Gasteiger partial charge in [-0.15, -0.1) is 0 Å². The van der Waals surface area contributed by atoms with Gasteiger partial charge in [0, 0.05) is 16.1 Å². The predicted molar refractivity (Wildman–Crippen MR) is 97.7 cm³/mol. The molecular weight excluding hydrogens is 347 g/mol. The highest BCUT2D eigenvalue weighted by Crippen LogP contribution is 2.26. The fourth-order valence-corrected chi connectivity index (χ4v) is 2.74. The van der Waals surface area contributed by atoms with E-state index in [1.54, 1.807) is 12.1 Å². The summed E-state index contributed by atoms with van der Waals surface area (Å²) in [5.74, 6) is -1.59. The Labute approximate surface area is 148 Å². The Morgan fingerprint density at radius 1 is 0.750 bits per heavy atom. The van der Waals surface area contributed by atoms with Gasteiger partial charge in [0.25, 0.3) is 0 Å². The number of nitrogens with one attached hydrogen (secondary N) is 2. The van der Waals surface area contributed by atoms with Crippen LogP contribution in [-0.2, 0) is 9.59 Å². The third-order valence-corrected chi connectivity index (χ3v) is 3.97. The number of benzene rings is 3. The molecule has 0 aliphatic rings. The quantitative estimate of drug-likeness (QED) is 0.651. The van der Waals surface area contributed by atoms with Crippen LogP contribution in [0.25, 0.3) is 10.8 Å². The first-order valence-electron chi connectivity index (χ1n) is 7.10. The Bertz CT molecular complexity index is 936. The van der Waals surface area contributed by atoms with Crippen LogP contribution in [0.15, 0.2) is 60.7 Å². The molecule has 24 heavy (non-hydrogen) atoms. The minimum atomic E-state index is -0.813. The third kappa shape index (κ3) is 3.50. The first-order chi connectivity index (χ1) is 11.5. The Morgan fingerprint density at radius 3 is 2.17 bits per heavy atom. The molecule has 0 saturated heterocycles. The van der Waals surface area contributed by atoms with Crippen molar-refractivity contribution in [2.75, 3.05) is 10.6 Å². The second kappa shape index (κ2) is 6.91. The van der Waals surface area contributed by atoms with Gasteiger partial charge in [0.15, 0.2) is 0 Å². The van der Waals surface area contributed by atoms with E-state index in [0.717, 1.165) is 10.8 Å². The van der Waals surface area contributed by atoms with Gasteiger partial charge >= 0.3 is 11.8 Å². The van der Waals surface area contributed by atoms with Crippen molar-refractivity contribution in [2.24, 2.45) is 0 Å². The maximum absolute atomic E-state index is 12.1. The number of halogens is 2. The van der Waals surface area contributed by atoms with Gasteiger partial charge in [0.05, 0.1) is 10.7 Å². The summed E-state index contributed by atoms with van der Waals surface area (Å²) in [6.07, 6.45) is 0. The molecule has 6 heteroatoms. The maximum atomic E-state index is 12.1. The molecule has 0 atom stereocenters. The second-order valence-corrected chi connectivity index (χ2v) is 5.90. The number of rotatable bonds is 2. The zero-order valence-electron chi connectivity index (χ0n) is 12.3.